The first-order chi connectivity index (χ1) is 23.9. The molecule has 4 aromatic rings. The van der Waals surface area contributed by atoms with Crippen molar-refractivity contribution in [2.75, 3.05) is 20.3 Å². The van der Waals surface area contributed by atoms with Gasteiger partial charge in [0.05, 0.1) is 37.2 Å². The predicted octanol–water partition coefficient (Wildman–Crippen LogP) is 10.4. The van der Waals surface area contributed by atoms with E-state index in [9.17, 15) is 9.36 Å². The van der Waals surface area contributed by atoms with E-state index in [2.05, 4.69) is 11.1 Å². The number of nitrogens with one attached hydrogen (secondary N) is 1. The summed E-state index contributed by atoms with van der Waals surface area (Å²) in [6.45, 7) is 14.6. The van der Waals surface area contributed by atoms with Gasteiger partial charge >= 0.3 is 7.82 Å². The van der Waals surface area contributed by atoms with Gasteiger partial charge in [-0.3, -0.25) is 18.4 Å². The number of phosphoric acid groups is 1. The van der Waals surface area contributed by atoms with Gasteiger partial charge in [-0.05, 0) is 75.1 Å². The summed E-state index contributed by atoms with van der Waals surface area (Å²) in [4.78, 5) is 23.0. The molecule has 1 N–H and O–H groups in total. The van der Waals surface area contributed by atoms with Gasteiger partial charge in [0.2, 0.25) is 5.91 Å². The molecule has 266 valence electrons. The molecule has 1 aliphatic rings. The number of hydrogen-bond donors (Lipinski definition) is 1. The van der Waals surface area contributed by atoms with Gasteiger partial charge in [-0.2, -0.15) is 0 Å². The number of ether oxygens (including phenoxy) is 1. The number of aryl methyl sites for hydroxylation is 3. The Morgan fingerprint density at radius 1 is 0.960 bits per heavy atom. The maximum Gasteiger partial charge on any atom is 0.530 e. The number of carbonyl (C=O) groups excluding carboxylic acids is 1. The van der Waals surface area contributed by atoms with E-state index in [-0.39, 0.29) is 25.5 Å². The zero-order chi connectivity index (χ0) is 36.1. The molecular formula is C40H50N3O6P. The van der Waals surface area contributed by atoms with Crippen LogP contribution in [-0.2, 0) is 23.8 Å². The number of nitrogens with zero attached hydrogens (tertiary/aromatic N) is 2. The van der Waals surface area contributed by atoms with E-state index in [0.717, 1.165) is 64.7 Å². The minimum absolute atomic E-state index is 0.120. The van der Waals surface area contributed by atoms with Crippen LogP contribution >= 0.6 is 7.82 Å². The number of carbonyl (C=O) groups is 1. The molecule has 0 spiro atoms. The number of allylic oxidation sites excluding steroid dienone is 1. The SMILES string of the molecule is CCCCOP(=O)(OCCCC)Oc1cccc(C)c1C(C)(C)CC(=O)n1c(C2=N/C(=C/c3[nH]c(C)cc3C)C(OC)=C2)cc2ccccc21. The largest absolute Gasteiger partial charge is 0.530 e. The van der Waals surface area contributed by atoms with Crippen molar-refractivity contribution in [2.45, 2.75) is 86.0 Å². The molecule has 1 aliphatic heterocycles. The van der Waals surface area contributed by atoms with E-state index in [4.69, 9.17) is 23.3 Å². The average molecular weight is 700 g/mol. The number of H-pyrrole nitrogens is 1. The van der Waals surface area contributed by atoms with Crippen LogP contribution in [0.2, 0.25) is 0 Å². The fraction of sp³-hybridized carbons (Fsp3) is 0.400. The Kier molecular flexibility index (Phi) is 11.7. The van der Waals surface area contributed by atoms with Crippen LogP contribution in [0.25, 0.3) is 17.0 Å². The number of aliphatic imine (C=N–C) groups is 1. The lowest BCUT2D eigenvalue weighted by Gasteiger charge is -2.30. The number of hydrogen-bond acceptors (Lipinski definition) is 7. The number of methoxy groups -OCH3 is 1. The third-order valence-corrected chi connectivity index (χ3v) is 10.3. The fourth-order valence-corrected chi connectivity index (χ4v) is 7.72. The first-order valence-corrected chi connectivity index (χ1v) is 18.9. The van der Waals surface area contributed by atoms with Crippen LogP contribution in [0.4, 0.5) is 0 Å². The van der Waals surface area contributed by atoms with Crippen molar-refractivity contribution in [1.82, 2.24) is 9.55 Å². The van der Waals surface area contributed by atoms with Crippen molar-refractivity contribution in [3.05, 3.63) is 106 Å². The van der Waals surface area contributed by atoms with E-state index < -0.39 is 13.2 Å². The van der Waals surface area contributed by atoms with Crippen molar-refractivity contribution in [3.8, 4) is 5.75 Å². The Hall–Kier alpha value is -4.17. The third kappa shape index (κ3) is 8.23. The van der Waals surface area contributed by atoms with E-state index >= 15 is 0 Å². The Balaban J connectivity index is 1.52. The fourth-order valence-electron chi connectivity index (χ4n) is 6.44. The highest BCUT2D eigenvalue weighted by Crippen LogP contribution is 2.52. The maximum absolute atomic E-state index is 14.6. The topological polar surface area (TPSA) is 104 Å². The Bertz CT molecular complexity index is 1980. The highest BCUT2D eigenvalue weighted by Gasteiger charge is 2.36. The lowest BCUT2D eigenvalue weighted by molar-refractivity contribution is 0.0880. The highest BCUT2D eigenvalue weighted by molar-refractivity contribution is 7.48. The summed E-state index contributed by atoms with van der Waals surface area (Å²) in [6.07, 6.45) is 7.19. The zero-order valence-electron chi connectivity index (χ0n) is 30.6. The number of rotatable bonds is 16. The maximum atomic E-state index is 14.6. The monoisotopic (exact) mass is 699 g/mol. The summed E-state index contributed by atoms with van der Waals surface area (Å²) < 4.78 is 39.1. The molecule has 0 saturated carbocycles. The molecule has 0 amide bonds. The lowest BCUT2D eigenvalue weighted by Crippen LogP contribution is -2.28. The van der Waals surface area contributed by atoms with E-state index in [1.165, 1.54) is 0 Å². The molecule has 10 heteroatoms. The van der Waals surface area contributed by atoms with Crippen molar-refractivity contribution >= 4 is 36.4 Å². The van der Waals surface area contributed by atoms with Gasteiger partial charge in [0, 0.05) is 40.2 Å². The van der Waals surface area contributed by atoms with Crippen LogP contribution in [0.3, 0.4) is 0 Å². The van der Waals surface area contributed by atoms with Gasteiger partial charge in [0.25, 0.3) is 0 Å². The van der Waals surface area contributed by atoms with E-state index in [1.807, 2.05) is 103 Å². The molecule has 0 aliphatic carbocycles. The summed E-state index contributed by atoms with van der Waals surface area (Å²) in [6, 6.07) is 17.5. The molecule has 2 aromatic heterocycles. The summed E-state index contributed by atoms with van der Waals surface area (Å²) >= 11 is 0. The quantitative estimate of drug-likeness (QED) is 0.0922. The Labute approximate surface area is 296 Å². The molecule has 2 aromatic carbocycles. The lowest BCUT2D eigenvalue weighted by atomic mass is 9.78. The molecular weight excluding hydrogens is 649 g/mol. The van der Waals surface area contributed by atoms with Gasteiger partial charge in [-0.25, -0.2) is 9.56 Å². The molecule has 9 nitrogen and oxygen atoms in total. The molecule has 0 bridgehead atoms. The summed E-state index contributed by atoms with van der Waals surface area (Å²) in [5, 5.41) is 0.922. The smallest absolute Gasteiger partial charge is 0.494 e. The van der Waals surface area contributed by atoms with Crippen LogP contribution in [0, 0.1) is 20.8 Å². The second kappa shape index (κ2) is 15.8. The van der Waals surface area contributed by atoms with E-state index in [1.54, 1.807) is 17.7 Å². The molecule has 3 heterocycles. The van der Waals surface area contributed by atoms with Crippen molar-refractivity contribution < 1.29 is 27.7 Å². The number of para-hydroxylation sites is 1. The number of aromatic amines is 1. The number of aromatic nitrogens is 2. The van der Waals surface area contributed by atoms with Crippen molar-refractivity contribution in [1.29, 1.82) is 0 Å². The second-order valence-electron chi connectivity index (χ2n) is 13.5. The minimum atomic E-state index is -3.93. The zero-order valence-corrected chi connectivity index (χ0v) is 31.5. The van der Waals surface area contributed by atoms with Crippen LogP contribution < -0.4 is 4.52 Å². The first-order valence-electron chi connectivity index (χ1n) is 17.4. The molecule has 50 heavy (non-hydrogen) atoms. The summed E-state index contributed by atoms with van der Waals surface area (Å²) in [7, 11) is -2.30. The molecule has 0 fully saturated rings. The number of benzene rings is 2. The molecule has 5 rings (SSSR count). The standard InChI is InChI=1S/C40H50N3O6P/c1-9-11-20-47-50(45,48-21-12-10-2)49-36-19-15-16-27(3)39(36)40(6,7)26-38(44)43-34-18-14-13-17-30(34)23-35(43)32-25-37(46-8)33(42-32)24-31-28(4)22-29(5)41-31/h13-19,22-25,41H,9-12,20-21,26H2,1-8H3/b33-24+. The molecule has 0 saturated heterocycles. The minimum Gasteiger partial charge on any atom is -0.494 e. The molecule has 0 unspecified atom stereocenters. The second-order valence-corrected chi connectivity index (χ2v) is 15.1. The van der Waals surface area contributed by atoms with Crippen LogP contribution in [0.15, 0.2) is 77.1 Å². The summed E-state index contributed by atoms with van der Waals surface area (Å²) in [5.74, 6) is 0.879. The highest BCUT2D eigenvalue weighted by atomic mass is 31.2. The van der Waals surface area contributed by atoms with Crippen LogP contribution in [0.1, 0.15) is 98.4 Å². The van der Waals surface area contributed by atoms with Gasteiger partial charge in [-0.1, -0.05) is 70.9 Å². The van der Waals surface area contributed by atoms with E-state index in [0.29, 0.717) is 28.6 Å². The molecule has 0 atom stereocenters. The summed E-state index contributed by atoms with van der Waals surface area (Å²) in [5.41, 5.74) is 6.82. The number of unbranched alkanes of at least 4 members (excludes halogenated alkanes) is 2. The Morgan fingerprint density at radius 2 is 1.66 bits per heavy atom. The third-order valence-electron chi connectivity index (χ3n) is 8.88. The van der Waals surface area contributed by atoms with Gasteiger partial charge in [0.15, 0.2) is 0 Å². The van der Waals surface area contributed by atoms with Crippen molar-refractivity contribution in [3.63, 3.8) is 0 Å². The number of phosphoric ester groups is 1. The van der Waals surface area contributed by atoms with Gasteiger partial charge in [-0.15, -0.1) is 0 Å². The average Bonchev–Trinajstić information content (AvgIpc) is 3.75. The van der Waals surface area contributed by atoms with Crippen LogP contribution in [-0.4, -0.2) is 41.5 Å². The normalized spacial score (nSPS) is 14.4. The van der Waals surface area contributed by atoms with Gasteiger partial charge < -0.3 is 14.2 Å². The van der Waals surface area contributed by atoms with Crippen molar-refractivity contribution in [2.24, 2.45) is 4.99 Å². The van der Waals surface area contributed by atoms with Crippen LogP contribution in [0.5, 0.6) is 5.75 Å². The Morgan fingerprint density at radius 3 is 2.30 bits per heavy atom. The predicted molar refractivity (Wildman–Crippen MR) is 201 cm³/mol. The first kappa shape index (κ1) is 37.1. The van der Waals surface area contributed by atoms with Gasteiger partial charge in [0.1, 0.15) is 17.2 Å². The molecule has 0 radical (unpaired) electrons. The number of fused-ring (bicyclic) bond motifs is 1.